The predicted octanol–water partition coefficient (Wildman–Crippen LogP) is 0.704. The SMILES string of the molecule is C#CC1=CCN(C(=O)N2CCOCC2)CC1. The van der Waals surface area contributed by atoms with Gasteiger partial charge in [0.2, 0.25) is 0 Å². The molecule has 2 aliphatic rings. The molecule has 0 aliphatic carbocycles. The second-order valence-corrected chi connectivity index (χ2v) is 3.95. The summed E-state index contributed by atoms with van der Waals surface area (Å²) in [6.07, 6.45) is 8.08. The first-order valence-electron chi connectivity index (χ1n) is 5.58. The second kappa shape index (κ2) is 5.04. The summed E-state index contributed by atoms with van der Waals surface area (Å²) < 4.78 is 5.22. The molecule has 0 bridgehead atoms. The molecule has 0 saturated carbocycles. The molecule has 0 unspecified atom stereocenters. The summed E-state index contributed by atoms with van der Waals surface area (Å²) in [7, 11) is 0. The number of rotatable bonds is 0. The summed E-state index contributed by atoms with van der Waals surface area (Å²) in [6, 6.07) is 0.107. The van der Waals surface area contributed by atoms with Crippen molar-refractivity contribution in [2.45, 2.75) is 6.42 Å². The van der Waals surface area contributed by atoms with E-state index in [-0.39, 0.29) is 6.03 Å². The van der Waals surface area contributed by atoms with Crippen LogP contribution in [0.15, 0.2) is 11.6 Å². The van der Waals surface area contributed by atoms with Gasteiger partial charge in [0.15, 0.2) is 0 Å². The topological polar surface area (TPSA) is 32.8 Å². The first-order chi connectivity index (χ1) is 7.81. The second-order valence-electron chi connectivity index (χ2n) is 3.95. The first kappa shape index (κ1) is 11.0. The molecule has 0 aromatic carbocycles. The molecule has 16 heavy (non-hydrogen) atoms. The minimum absolute atomic E-state index is 0.107. The molecule has 2 amide bonds. The van der Waals surface area contributed by atoms with E-state index in [0.717, 1.165) is 18.5 Å². The summed E-state index contributed by atoms with van der Waals surface area (Å²) in [6.45, 7) is 4.04. The van der Waals surface area contributed by atoms with Crippen LogP contribution in [0.2, 0.25) is 0 Å². The van der Waals surface area contributed by atoms with Crippen LogP contribution in [0.5, 0.6) is 0 Å². The highest BCUT2D eigenvalue weighted by atomic mass is 16.5. The highest BCUT2D eigenvalue weighted by molar-refractivity contribution is 5.75. The van der Waals surface area contributed by atoms with Crippen molar-refractivity contribution in [3.05, 3.63) is 11.6 Å². The zero-order valence-corrected chi connectivity index (χ0v) is 9.32. The standard InChI is InChI=1S/C12H16N2O2/c1-2-11-3-5-13(6-4-11)12(15)14-7-9-16-10-8-14/h1,3H,4-10H2. The fourth-order valence-corrected chi connectivity index (χ4v) is 1.93. The molecule has 4 nitrogen and oxygen atoms in total. The van der Waals surface area contributed by atoms with Crippen LogP contribution in [0, 0.1) is 12.3 Å². The van der Waals surface area contributed by atoms with E-state index in [1.165, 1.54) is 0 Å². The Hall–Kier alpha value is -1.47. The minimum atomic E-state index is 0.107. The Kier molecular flexibility index (Phi) is 3.47. The number of nitrogens with zero attached hydrogens (tertiary/aromatic N) is 2. The van der Waals surface area contributed by atoms with Gasteiger partial charge in [-0.05, 0) is 6.42 Å². The van der Waals surface area contributed by atoms with Gasteiger partial charge in [0, 0.05) is 31.8 Å². The number of urea groups is 1. The molecule has 86 valence electrons. The van der Waals surface area contributed by atoms with Gasteiger partial charge >= 0.3 is 6.03 Å². The van der Waals surface area contributed by atoms with Crippen molar-refractivity contribution < 1.29 is 9.53 Å². The fraction of sp³-hybridized carbons (Fsp3) is 0.583. The molecular weight excluding hydrogens is 204 g/mol. The monoisotopic (exact) mass is 220 g/mol. The number of carbonyl (C=O) groups is 1. The molecule has 0 atom stereocenters. The van der Waals surface area contributed by atoms with E-state index in [0.29, 0.717) is 32.8 Å². The maximum Gasteiger partial charge on any atom is 0.320 e. The van der Waals surface area contributed by atoms with E-state index >= 15 is 0 Å². The molecule has 2 heterocycles. The van der Waals surface area contributed by atoms with Crippen LogP contribution >= 0.6 is 0 Å². The van der Waals surface area contributed by atoms with Crippen molar-refractivity contribution in [1.82, 2.24) is 9.80 Å². The van der Waals surface area contributed by atoms with Crippen LogP contribution in [-0.4, -0.2) is 55.2 Å². The lowest BCUT2D eigenvalue weighted by Crippen LogP contribution is -2.49. The van der Waals surface area contributed by atoms with Gasteiger partial charge in [-0.2, -0.15) is 0 Å². The maximum absolute atomic E-state index is 12.1. The van der Waals surface area contributed by atoms with E-state index in [9.17, 15) is 4.79 Å². The Morgan fingerprint density at radius 3 is 2.62 bits per heavy atom. The normalized spacial score (nSPS) is 21.3. The summed E-state index contributed by atoms with van der Waals surface area (Å²) in [4.78, 5) is 15.7. The molecule has 1 saturated heterocycles. The summed E-state index contributed by atoms with van der Waals surface area (Å²) >= 11 is 0. The Labute approximate surface area is 95.8 Å². The third kappa shape index (κ3) is 2.37. The highest BCUT2D eigenvalue weighted by Gasteiger charge is 2.23. The van der Waals surface area contributed by atoms with Gasteiger partial charge in [-0.25, -0.2) is 4.79 Å². The fourth-order valence-electron chi connectivity index (χ4n) is 1.93. The van der Waals surface area contributed by atoms with Crippen molar-refractivity contribution >= 4 is 6.03 Å². The van der Waals surface area contributed by atoms with Crippen molar-refractivity contribution in [2.24, 2.45) is 0 Å². The molecule has 0 N–H and O–H groups in total. The number of morpholine rings is 1. The average molecular weight is 220 g/mol. The minimum Gasteiger partial charge on any atom is -0.378 e. The van der Waals surface area contributed by atoms with Crippen LogP contribution in [0.25, 0.3) is 0 Å². The highest BCUT2D eigenvalue weighted by Crippen LogP contribution is 2.12. The lowest BCUT2D eigenvalue weighted by Gasteiger charge is -2.33. The van der Waals surface area contributed by atoms with Gasteiger partial charge in [0.05, 0.1) is 13.2 Å². The van der Waals surface area contributed by atoms with Gasteiger partial charge in [-0.1, -0.05) is 12.0 Å². The third-order valence-electron chi connectivity index (χ3n) is 2.95. The first-order valence-corrected chi connectivity index (χ1v) is 5.58. The smallest absolute Gasteiger partial charge is 0.320 e. The van der Waals surface area contributed by atoms with Gasteiger partial charge in [0.25, 0.3) is 0 Å². The van der Waals surface area contributed by atoms with Crippen molar-refractivity contribution in [3.8, 4) is 12.3 Å². The van der Waals surface area contributed by atoms with Gasteiger partial charge < -0.3 is 14.5 Å². The lowest BCUT2D eigenvalue weighted by molar-refractivity contribution is 0.0440. The maximum atomic E-state index is 12.1. The van der Waals surface area contributed by atoms with Crippen LogP contribution in [0.4, 0.5) is 4.79 Å². The van der Waals surface area contributed by atoms with Crippen LogP contribution in [-0.2, 0) is 4.74 Å². The van der Waals surface area contributed by atoms with Gasteiger partial charge in [0.1, 0.15) is 0 Å². The zero-order chi connectivity index (χ0) is 11.4. The summed E-state index contributed by atoms with van der Waals surface area (Å²) in [5.74, 6) is 2.63. The molecule has 0 aromatic heterocycles. The molecule has 0 radical (unpaired) electrons. The Bertz CT molecular complexity index is 337. The number of hydrogen-bond acceptors (Lipinski definition) is 2. The largest absolute Gasteiger partial charge is 0.378 e. The molecular formula is C12H16N2O2. The molecule has 0 aromatic rings. The Morgan fingerprint density at radius 2 is 2.06 bits per heavy atom. The van der Waals surface area contributed by atoms with Gasteiger partial charge in [-0.15, -0.1) is 6.42 Å². The summed E-state index contributed by atoms with van der Waals surface area (Å²) in [5, 5.41) is 0. The van der Waals surface area contributed by atoms with E-state index in [2.05, 4.69) is 5.92 Å². The Morgan fingerprint density at radius 1 is 1.31 bits per heavy atom. The molecule has 1 fully saturated rings. The Balaban J connectivity index is 1.91. The predicted molar refractivity (Wildman–Crippen MR) is 60.9 cm³/mol. The van der Waals surface area contributed by atoms with E-state index in [4.69, 9.17) is 11.2 Å². The van der Waals surface area contributed by atoms with E-state index < -0.39 is 0 Å². The number of terminal acetylenes is 1. The van der Waals surface area contributed by atoms with Crippen molar-refractivity contribution in [1.29, 1.82) is 0 Å². The van der Waals surface area contributed by atoms with Crippen molar-refractivity contribution in [3.63, 3.8) is 0 Å². The molecule has 2 rings (SSSR count). The quantitative estimate of drug-likeness (QED) is 0.563. The zero-order valence-electron chi connectivity index (χ0n) is 9.32. The van der Waals surface area contributed by atoms with Crippen molar-refractivity contribution in [2.75, 3.05) is 39.4 Å². The van der Waals surface area contributed by atoms with Gasteiger partial charge in [-0.3, -0.25) is 0 Å². The number of hydrogen-bond donors (Lipinski definition) is 0. The van der Waals surface area contributed by atoms with E-state index in [1.54, 1.807) is 0 Å². The molecule has 4 heteroatoms. The van der Waals surface area contributed by atoms with Crippen LogP contribution < -0.4 is 0 Å². The number of carbonyl (C=O) groups excluding carboxylic acids is 1. The molecule has 2 aliphatic heterocycles. The molecule has 0 spiro atoms. The van der Waals surface area contributed by atoms with E-state index in [1.807, 2.05) is 15.9 Å². The third-order valence-corrected chi connectivity index (χ3v) is 2.95. The number of ether oxygens (including phenoxy) is 1. The van der Waals surface area contributed by atoms with Crippen LogP contribution in [0.1, 0.15) is 6.42 Å². The number of amides is 2. The lowest BCUT2D eigenvalue weighted by atomic mass is 10.1. The summed E-state index contributed by atoms with van der Waals surface area (Å²) in [5.41, 5.74) is 1.01. The van der Waals surface area contributed by atoms with Crippen LogP contribution in [0.3, 0.4) is 0 Å². The average Bonchev–Trinajstić information content (AvgIpc) is 2.39.